The highest BCUT2D eigenvalue weighted by Gasteiger charge is 2.18. The van der Waals surface area contributed by atoms with Gasteiger partial charge in [-0.1, -0.05) is 48.0 Å². The zero-order valence-corrected chi connectivity index (χ0v) is 13.7. The number of halogens is 1. The van der Waals surface area contributed by atoms with Crippen LogP contribution in [0.3, 0.4) is 0 Å². The minimum atomic E-state index is 0.209. The molecule has 1 aromatic rings. The van der Waals surface area contributed by atoms with Crippen LogP contribution in [0.2, 0.25) is 0 Å². The van der Waals surface area contributed by atoms with Crippen LogP contribution in [-0.4, -0.2) is 12.4 Å². The van der Waals surface area contributed by atoms with Gasteiger partial charge in [0, 0.05) is 10.9 Å². The van der Waals surface area contributed by atoms with Gasteiger partial charge in [0.15, 0.2) is 5.78 Å². The second kappa shape index (κ2) is 7.82. The van der Waals surface area contributed by atoms with Crippen LogP contribution in [-0.2, 0) is 0 Å². The van der Waals surface area contributed by atoms with Crippen molar-refractivity contribution in [3.8, 4) is 5.75 Å². The lowest BCUT2D eigenvalue weighted by Gasteiger charge is -2.21. The Balaban J connectivity index is 1.98. The van der Waals surface area contributed by atoms with Gasteiger partial charge < -0.3 is 4.74 Å². The van der Waals surface area contributed by atoms with Gasteiger partial charge >= 0.3 is 0 Å². The molecule has 0 saturated heterocycles. The van der Waals surface area contributed by atoms with Crippen molar-refractivity contribution in [2.75, 3.05) is 6.61 Å². The molecule has 1 fully saturated rings. The first-order valence-corrected chi connectivity index (χ1v) is 8.45. The highest BCUT2D eigenvalue weighted by atomic mass is 79.9. The standard InChI is InChI=1S/C17H23BrO2/c1-2-20-17-11-9-14(18)12-15(17)16(19)10-8-13-6-4-3-5-7-13/h9,11-13H,2-8,10H2,1H3. The van der Waals surface area contributed by atoms with E-state index in [1.165, 1.54) is 32.1 Å². The summed E-state index contributed by atoms with van der Waals surface area (Å²) in [5.74, 6) is 1.67. The van der Waals surface area contributed by atoms with Crippen molar-refractivity contribution in [2.45, 2.75) is 51.9 Å². The minimum absolute atomic E-state index is 0.209. The summed E-state index contributed by atoms with van der Waals surface area (Å²) >= 11 is 3.44. The molecule has 0 amide bonds. The van der Waals surface area contributed by atoms with E-state index in [1.54, 1.807) is 0 Å². The monoisotopic (exact) mass is 338 g/mol. The number of carbonyl (C=O) groups excluding carboxylic acids is 1. The van der Waals surface area contributed by atoms with E-state index in [0.29, 0.717) is 18.8 Å². The Morgan fingerprint density at radius 1 is 1.30 bits per heavy atom. The summed E-state index contributed by atoms with van der Waals surface area (Å²) < 4.78 is 6.50. The number of rotatable bonds is 6. The Labute approximate surface area is 130 Å². The summed E-state index contributed by atoms with van der Waals surface area (Å²) in [7, 11) is 0. The molecule has 2 rings (SSSR count). The fourth-order valence-electron chi connectivity index (χ4n) is 2.95. The van der Waals surface area contributed by atoms with Crippen molar-refractivity contribution >= 4 is 21.7 Å². The molecule has 0 heterocycles. The molecule has 2 nitrogen and oxygen atoms in total. The van der Waals surface area contributed by atoms with Crippen LogP contribution in [0, 0.1) is 5.92 Å². The summed E-state index contributed by atoms with van der Waals surface area (Å²) in [4.78, 5) is 12.4. The molecule has 1 aliphatic carbocycles. The van der Waals surface area contributed by atoms with Crippen molar-refractivity contribution in [2.24, 2.45) is 5.92 Å². The number of ether oxygens (including phenoxy) is 1. The van der Waals surface area contributed by atoms with Gasteiger partial charge in [0.1, 0.15) is 5.75 Å². The second-order valence-electron chi connectivity index (χ2n) is 5.54. The smallest absolute Gasteiger partial charge is 0.166 e. The van der Waals surface area contributed by atoms with Crippen LogP contribution in [0.4, 0.5) is 0 Å². The van der Waals surface area contributed by atoms with Crippen molar-refractivity contribution < 1.29 is 9.53 Å². The third-order valence-electron chi connectivity index (χ3n) is 4.05. The fraction of sp³-hybridized carbons (Fsp3) is 0.588. The van der Waals surface area contributed by atoms with Crippen LogP contribution in [0.1, 0.15) is 62.2 Å². The van der Waals surface area contributed by atoms with E-state index in [1.807, 2.05) is 25.1 Å². The van der Waals surface area contributed by atoms with E-state index in [2.05, 4.69) is 15.9 Å². The van der Waals surface area contributed by atoms with Gasteiger partial charge in [0.05, 0.1) is 12.2 Å². The summed E-state index contributed by atoms with van der Waals surface area (Å²) in [5, 5.41) is 0. The maximum Gasteiger partial charge on any atom is 0.166 e. The van der Waals surface area contributed by atoms with Crippen molar-refractivity contribution in [3.05, 3.63) is 28.2 Å². The number of carbonyl (C=O) groups is 1. The average Bonchev–Trinajstić information content (AvgIpc) is 2.48. The van der Waals surface area contributed by atoms with E-state index in [0.717, 1.165) is 22.4 Å². The molecule has 1 aliphatic rings. The number of hydrogen-bond acceptors (Lipinski definition) is 2. The van der Waals surface area contributed by atoms with Crippen molar-refractivity contribution in [1.29, 1.82) is 0 Å². The van der Waals surface area contributed by atoms with E-state index in [4.69, 9.17) is 4.74 Å². The Morgan fingerprint density at radius 2 is 2.05 bits per heavy atom. The molecule has 0 N–H and O–H groups in total. The van der Waals surface area contributed by atoms with Gasteiger partial charge in [-0.25, -0.2) is 0 Å². The Kier molecular flexibility index (Phi) is 6.08. The highest BCUT2D eigenvalue weighted by Crippen LogP contribution is 2.30. The molecule has 0 atom stereocenters. The lowest BCUT2D eigenvalue weighted by Crippen LogP contribution is -2.10. The summed E-state index contributed by atoms with van der Waals surface area (Å²) in [6, 6.07) is 5.68. The maximum absolute atomic E-state index is 12.4. The summed E-state index contributed by atoms with van der Waals surface area (Å²) in [6.45, 7) is 2.53. The zero-order valence-electron chi connectivity index (χ0n) is 12.2. The lowest BCUT2D eigenvalue weighted by atomic mass is 9.85. The van der Waals surface area contributed by atoms with Gasteiger partial charge in [0.2, 0.25) is 0 Å². The molecule has 1 aromatic carbocycles. The van der Waals surface area contributed by atoms with Gasteiger partial charge in [-0.05, 0) is 37.5 Å². The molecule has 0 bridgehead atoms. The third-order valence-corrected chi connectivity index (χ3v) is 4.54. The maximum atomic E-state index is 12.4. The predicted molar refractivity (Wildman–Crippen MR) is 85.5 cm³/mol. The first-order valence-electron chi connectivity index (χ1n) is 7.66. The fourth-order valence-corrected chi connectivity index (χ4v) is 3.31. The first kappa shape index (κ1) is 15.6. The van der Waals surface area contributed by atoms with Crippen LogP contribution in [0.25, 0.3) is 0 Å². The topological polar surface area (TPSA) is 26.3 Å². The van der Waals surface area contributed by atoms with E-state index in [9.17, 15) is 4.79 Å². The largest absolute Gasteiger partial charge is 0.493 e. The number of benzene rings is 1. The van der Waals surface area contributed by atoms with E-state index < -0.39 is 0 Å². The molecule has 0 spiro atoms. The Morgan fingerprint density at radius 3 is 2.75 bits per heavy atom. The Hall–Kier alpha value is -0.830. The Bertz CT molecular complexity index is 450. The van der Waals surface area contributed by atoms with Gasteiger partial charge in [-0.2, -0.15) is 0 Å². The molecule has 20 heavy (non-hydrogen) atoms. The van der Waals surface area contributed by atoms with Crippen LogP contribution >= 0.6 is 15.9 Å². The van der Waals surface area contributed by atoms with E-state index >= 15 is 0 Å². The van der Waals surface area contributed by atoms with Crippen LogP contribution < -0.4 is 4.74 Å². The van der Waals surface area contributed by atoms with Crippen LogP contribution in [0.15, 0.2) is 22.7 Å². The van der Waals surface area contributed by atoms with Crippen LogP contribution in [0.5, 0.6) is 5.75 Å². The summed E-state index contributed by atoms with van der Waals surface area (Å²) in [6.07, 6.45) is 8.29. The van der Waals surface area contributed by atoms with Crippen molar-refractivity contribution in [3.63, 3.8) is 0 Å². The molecular weight excluding hydrogens is 316 g/mol. The highest BCUT2D eigenvalue weighted by molar-refractivity contribution is 9.10. The molecule has 1 saturated carbocycles. The SMILES string of the molecule is CCOc1ccc(Br)cc1C(=O)CCC1CCCCC1. The minimum Gasteiger partial charge on any atom is -0.493 e. The molecule has 0 unspecified atom stereocenters. The molecule has 0 aliphatic heterocycles. The number of hydrogen-bond donors (Lipinski definition) is 0. The molecule has 0 radical (unpaired) electrons. The predicted octanol–water partition coefficient (Wildman–Crippen LogP) is 5.39. The summed E-state index contributed by atoms with van der Waals surface area (Å²) in [5.41, 5.74) is 0.719. The molecular formula is C17H23BrO2. The zero-order chi connectivity index (χ0) is 14.4. The first-order chi connectivity index (χ1) is 9.70. The third kappa shape index (κ3) is 4.34. The van der Waals surface area contributed by atoms with Crippen molar-refractivity contribution in [1.82, 2.24) is 0 Å². The number of Topliss-reactive ketones (excluding diaryl/α,β-unsaturated/α-hetero) is 1. The molecule has 3 heteroatoms. The van der Waals surface area contributed by atoms with Gasteiger partial charge in [-0.3, -0.25) is 4.79 Å². The molecule has 0 aromatic heterocycles. The normalized spacial score (nSPS) is 16.1. The van der Waals surface area contributed by atoms with Gasteiger partial charge in [-0.15, -0.1) is 0 Å². The second-order valence-corrected chi connectivity index (χ2v) is 6.46. The van der Waals surface area contributed by atoms with Gasteiger partial charge in [0.25, 0.3) is 0 Å². The average molecular weight is 339 g/mol. The number of ketones is 1. The lowest BCUT2D eigenvalue weighted by molar-refractivity contribution is 0.0966. The van der Waals surface area contributed by atoms with E-state index in [-0.39, 0.29) is 5.78 Å². The quantitative estimate of drug-likeness (QED) is 0.650. The molecule has 110 valence electrons.